The number of ketones is 1. The summed E-state index contributed by atoms with van der Waals surface area (Å²) in [4.78, 5) is 41.0. The van der Waals surface area contributed by atoms with E-state index in [1.165, 1.54) is 0 Å². The summed E-state index contributed by atoms with van der Waals surface area (Å²) in [5, 5.41) is 50.2. The number of hydrogen-bond acceptors (Lipinski definition) is 10. The van der Waals surface area contributed by atoms with Gasteiger partial charge in [0.2, 0.25) is 0 Å². The van der Waals surface area contributed by atoms with Gasteiger partial charge in [0, 0.05) is 30.1 Å². The minimum Gasteiger partial charge on any atom is -0.456 e. The van der Waals surface area contributed by atoms with E-state index >= 15 is 0 Å². The summed E-state index contributed by atoms with van der Waals surface area (Å²) >= 11 is 0. The van der Waals surface area contributed by atoms with Crippen LogP contribution in [0, 0.1) is 28.6 Å². The first kappa shape index (κ1) is 35.5. The number of amides is 1. The van der Waals surface area contributed by atoms with Gasteiger partial charge in [-0.05, 0) is 57.2 Å². The summed E-state index contributed by atoms with van der Waals surface area (Å²) in [6.07, 6.45) is -5.48. The van der Waals surface area contributed by atoms with Crippen LogP contribution in [0.3, 0.4) is 0 Å². The van der Waals surface area contributed by atoms with E-state index in [2.05, 4.69) is 5.32 Å². The van der Waals surface area contributed by atoms with Gasteiger partial charge in [0.15, 0.2) is 6.10 Å². The lowest BCUT2D eigenvalue weighted by Crippen LogP contribution is -2.78. The van der Waals surface area contributed by atoms with Gasteiger partial charge in [0.25, 0.3) is 0 Å². The van der Waals surface area contributed by atoms with E-state index in [1.807, 2.05) is 13.8 Å². The average Bonchev–Trinajstić information content (AvgIpc) is 2.98. The zero-order valence-electron chi connectivity index (χ0n) is 28.9. The topological polar surface area (TPSA) is 172 Å². The molecule has 1 saturated heterocycles. The molecule has 0 radical (unpaired) electrons. The molecule has 3 aliphatic carbocycles. The van der Waals surface area contributed by atoms with Crippen molar-refractivity contribution >= 4 is 17.8 Å². The van der Waals surface area contributed by atoms with E-state index in [1.54, 1.807) is 78.8 Å². The normalized spacial score (nSPS) is 39.2. The van der Waals surface area contributed by atoms with E-state index in [0.29, 0.717) is 16.7 Å². The number of fused-ring (bicyclic) bond motifs is 5. The minimum atomic E-state index is -1.85. The number of aliphatic hydroxyl groups is 4. The maximum absolute atomic E-state index is 14.5. The van der Waals surface area contributed by atoms with Crippen molar-refractivity contribution in [2.45, 2.75) is 122 Å². The molecule has 1 heterocycles. The number of esters is 1. The third kappa shape index (κ3) is 5.42. The Hall–Kier alpha value is -2.83. The molecule has 0 spiro atoms. The van der Waals surface area contributed by atoms with Crippen molar-refractivity contribution in [3.8, 4) is 0 Å². The van der Waals surface area contributed by atoms with E-state index in [4.69, 9.17) is 14.2 Å². The summed E-state index contributed by atoms with van der Waals surface area (Å²) in [6.45, 7) is 15.7. The summed E-state index contributed by atoms with van der Waals surface area (Å²) in [5.41, 5.74) is -4.67. The number of aliphatic hydroxyl groups excluding tert-OH is 2. The van der Waals surface area contributed by atoms with Gasteiger partial charge < -0.3 is 40.0 Å². The Balaban J connectivity index is 1.53. The lowest BCUT2D eigenvalue weighted by Gasteiger charge is -2.67. The van der Waals surface area contributed by atoms with Gasteiger partial charge >= 0.3 is 12.1 Å². The number of nitrogens with one attached hydrogen (secondary N) is 1. The van der Waals surface area contributed by atoms with Gasteiger partial charge in [0.05, 0.1) is 35.9 Å². The Morgan fingerprint density at radius 3 is 2.26 bits per heavy atom. The van der Waals surface area contributed by atoms with E-state index in [0.717, 1.165) is 0 Å². The number of benzene rings is 1. The van der Waals surface area contributed by atoms with Crippen LogP contribution in [-0.4, -0.2) is 86.1 Å². The van der Waals surface area contributed by atoms with Crippen molar-refractivity contribution in [3.63, 3.8) is 0 Å². The van der Waals surface area contributed by atoms with Gasteiger partial charge in [-0.3, -0.25) is 4.79 Å². The van der Waals surface area contributed by atoms with Crippen LogP contribution < -0.4 is 5.32 Å². The Morgan fingerprint density at radius 2 is 1.70 bits per heavy atom. The molecule has 260 valence electrons. The highest BCUT2D eigenvalue weighted by atomic mass is 16.6. The van der Waals surface area contributed by atoms with Crippen LogP contribution >= 0.6 is 0 Å². The fourth-order valence-corrected chi connectivity index (χ4v) is 9.40. The monoisotopic (exact) mass is 657 g/mol. The Bertz CT molecular complexity index is 1450. The highest BCUT2D eigenvalue weighted by Gasteiger charge is 2.73. The SMILES string of the molecule is CC1=C2[C@@H](C)C(=O)[C@]3(C)C(O)CC4OCC4(O)C3C(C)C(O)(CC1OC(=O)C(O)C(NC(=O)OC(C)(C)C)c1ccccc1)C2(C)C. The summed E-state index contributed by atoms with van der Waals surface area (Å²) in [7, 11) is 0. The highest BCUT2D eigenvalue weighted by molar-refractivity contribution is 5.91. The summed E-state index contributed by atoms with van der Waals surface area (Å²) in [6, 6.07) is 7.27. The molecule has 5 rings (SSSR count). The van der Waals surface area contributed by atoms with Gasteiger partial charge in [-0.1, -0.05) is 58.0 Å². The standard InChI is InChI=1S/C36H51NO10/c1-18-22(46-30(41)27(39)26(21-13-11-10-12-14-21)37-31(42)47-32(4,5)6)16-36(44)20(3)28-34(9,23(38)15-24-35(28,43)17-45-24)29(40)19(2)25(18)33(36,7)8/h10-14,19-20,22-24,26-28,38-39,43-44H,15-17H2,1-9H3,(H,37,42)/t19-,20?,22?,23?,24?,26?,27?,28?,34-,35?,36?/m1/s1. The van der Waals surface area contributed by atoms with E-state index in [-0.39, 0.29) is 25.2 Å². The second kappa shape index (κ2) is 11.7. The molecule has 1 amide bonds. The smallest absolute Gasteiger partial charge is 0.408 e. The fourth-order valence-electron chi connectivity index (χ4n) is 9.40. The molecule has 2 saturated carbocycles. The van der Waals surface area contributed by atoms with Crippen LogP contribution in [0.2, 0.25) is 0 Å². The Morgan fingerprint density at radius 1 is 1.09 bits per heavy atom. The zero-order chi connectivity index (χ0) is 35.1. The minimum absolute atomic E-state index is 0.0228. The number of carbonyl (C=O) groups excluding carboxylic acids is 3. The van der Waals surface area contributed by atoms with Gasteiger partial charge in [0.1, 0.15) is 23.1 Å². The number of ether oxygens (including phenoxy) is 3. The number of alkyl carbamates (subject to hydrolysis) is 1. The molecule has 3 fully saturated rings. The third-order valence-electron chi connectivity index (χ3n) is 11.8. The van der Waals surface area contributed by atoms with Crippen molar-refractivity contribution < 1.29 is 49.0 Å². The quantitative estimate of drug-likeness (QED) is 0.234. The predicted molar refractivity (Wildman–Crippen MR) is 171 cm³/mol. The van der Waals surface area contributed by atoms with Crippen LogP contribution in [0.25, 0.3) is 0 Å². The number of rotatable bonds is 5. The first-order valence-electron chi connectivity index (χ1n) is 16.5. The molecule has 47 heavy (non-hydrogen) atoms. The van der Waals surface area contributed by atoms with Gasteiger partial charge in [-0.25, -0.2) is 9.59 Å². The van der Waals surface area contributed by atoms with Gasteiger partial charge in [-0.15, -0.1) is 0 Å². The molecule has 1 aliphatic heterocycles. The molecule has 1 aromatic rings. The number of hydrogen-bond donors (Lipinski definition) is 5. The van der Waals surface area contributed by atoms with E-state index < -0.39 is 87.9 Å². The molecule has 11 atom stereocenters. The molecular formula is C36H51NO10. The van der Waals surface area contributed by atoms with Crippen molar-refractivity contribution in [2.75, 3.05) is 6.61 Å². The molecular weight excluding hydrogens is 606 g/mol. The second-order valence-electron chi connectivity index (χ2n) is 15.9. The Kier molecular flexibility index (Phi) is 8.80. The summed E-state index contributed by atoms with van der Waals surface area (Å²) in [5.74, 6) is -3.72. The molecule has 11 nitrogen and oxygen atoms in total. The Labute approximate surface area is 276 Å². The van der Waals surface area contributed by atoms with Crippen LogP contribution in [0.4, 0.5) is 4.79 Å². The molecule has 5 N–H and O–H groups in total. The first-order chi connectivity index (χ1) is 21.6. The molecule has 1 aromatic carbocycles. The number of carbonyl (C=O) groups is 3. The van der Waals surface area contributed by atoms with Crippen LogP contribution in [-0.2, 0) is 23.8 Å². The van der Waals surface area contributed by atoms with Crippen LogP contribution in [0.1, 0.15) is 86.8 Å². The van der Waals surface area contributed by atoms with Crippen molar-refractivity contribution in [1.29, 1.82) is 0 Å². The molecule has 2 bridgehead atoms. The molecule has 11 heteroatoms. The van der Waals surface area contributed by atoms with Crippen molar-refractivity contribution in [3.05, 3.63) is 47.0 Å². The maximum atomic E-state index is 14.5. The van der Waals surface area contributed by atoms with Crippen molar-refractivity contribution in [1.82, 2.24) is 5.32 Å². The average molecular weight is 658 g/mol. The largest absolute Gasteiger partial charge is 0.456 e. The van der Waals surface area contributed by atoms with Crippen LogP contribution in [0.5, 0.6) is 0 Å². The highest BCUT2D eigenvalue weighted by Crippen LogP contribution is 2.65. The second-order valence-corrected chi connectivity index (χ2v) is 15.9. The van der Waals surface area contributed by atoms with E-state index in [9.17, 15) is 34.8 Å². The lowest BCUT2D eigenvalue weighted by molar-refractivity contribution is -0.335. The molecule has 4 aliphatic rings. The van der Waals surface area contributed by atoms with Crippen molar-refractivity contribution in [2.24, 2.45) is 28.6 Å². The van der Waals surface area contributed by atoms with Gasteiger partial charge in [-0.2, -0.15) is 0 Å². The zero-order valence-corrected chi connectivity index (χ0v) is 28.9. The molecule has 0 aromatic heterocycles. The first-order valence-corrected chi connectivity index (χ1v) is 16.5. The van der Waals surface area contributed by atoms with Crippen LogP contribution in [0.15, 0.2) is 41.5 Å². The maximum Gasteiger partial charge on any atom is 0.408 e. The predicted octanol–water partition coefficient (Wildman–Crippen LogP) is 3.37. The number of Topliss-reactive ketones (excluding diaryl/α,β-unsaturated/α-hetero) is 1. The lowest BCUT2D eigenvalue weighted by atomic mass is 9.42. The third-order valence-corrected chi connectivity index (χ3v) is 11.8. The summed E-state index contributed by atoms with van der Waals surface area (Å²) < 4.78 is 17.0. The molecule has 9 unspecified atom stereocenters. The fraction of sp³-hybridized carbons (Fsp3) is 0.694.